The molecule has 0 saturated heterocycles. The number of anilines is 1. The van der Waals surface area contributed by atoms with Crippen molar-refractivity contribution in [1.82, 2.24) is 24.6 Å². The van der Waals surface area contributed by atoms with Crippen molar-refractivity contribution in [2.45, 2.75) is 72.4 Å². The van der Waals surface area contributed by atoms with Crippen molar-refractivity contribution in [2.75, 3.05) is 18.9 Å². The molecule has 2 aromatic heterocycles. The van der Waals surface area contributed by atoms with E-state index in [1.165, 1.54) is 13.3 Å². The van der Waals surface area contributed by atoms with Crippen LogP contribution in [0.2, 0.25) is 0 Å². The molecule has 196 valence electrons. The van der Waals surface area contributed by atoms with Gasteiger partial charge in [0.2, 0.25) is 6.79 Å². The minimum atomic E-state index is -3.84. The van der Waals surface area contributed by atoms with Gasteiger partial charge in [0.15, 0.2) is 11.5 Å². The highest BCUT2D eigenvalue weighted by Crippen LogP contribution is 2.43. The average Bonchev–Trinajstić information content (AvgIpc) is 3.15. The number of nitrogen functional groups attached to an aromatic ring is 1. The van der Waals surface area contributed by atoms with E-state index in [2.05, 4.69) is 20.0 Å². The van der Waals surface area contributed by atoms with Crippen molar-refractivity contribution in [3.05, 3.63) is 12.7 Å². The summed E-state index contributed by atoms with van der Waals surface area (Å²) in [5.41, 5.74) is 6.79. The van der Waals surface area contributed by atoms with Crippen molar-refractivity contribution < 1.29 is 37.6 Å². The van der Waals surface area contributed by atoms with Crippen LogP contribution in [0.3, 0.4) is 0 Å². The molecule has 0 radical (unpaired) electrons. The Balaban J connectivity index is 2.03. The number of hydrogen-bond donors (Lipinski definition) is 2. The molecule has 2 rings (SSSR count). The lowest BCUT2D eigenvalue weighted by Gasteiger charge is -2.24. The van der Waals surface area contributed by atoms with Gasteiger partial charge in [-0.15, -0.1) is 0 Å². The van der Waals surface area contributed by atoms with Gasteiger partial charge < -0.3 is 29.2 Å². The normalized spacial score (nSPS) is 15.1. The smallest absolute Gasteiger partial charge is 0.462 e. The zero-order chi connectivity index (χ0) is 26.2. The van der Waals surface area contributed by atoms with Crippen LogP contribution in [0.5, 0.6) is 0 Å². The Morgan fingerprint density at radius 3 is 2.43 bits per heavy atom. The largest absolute Gasteiger partial charge is 0.510 e. The predicted octanol–water partition coefficient (Wildman–Crippen LogP) is 2.43. The van der Waals surface area contributed by atoms with E-state index in [0.29, 0.717) is 17.7 Å². The Kier molecular flexibility index (Phi) is 10.4. The number of hydrogen-bond acceptors (Lipinski definition) is 12. The first-order valence-corrected chi connectivity index (χ1v) is 12.8. The van der Waals surface area contributed by atoms with Gasteiger partial charge in [-0.2, -0.15) is 0 Å². The molecule has 0 aliphatic heterocycles. The second-order valence-electron chi connectivity index (χ2n) is 8.25. The number of aromatic nitrogens is 4. The van der Waals surface area contributed by atoms with Gasteiger partial charge in [0, 0.05) is 0 Å². The third kappa shape index (κ3) is 9.06. The van der Waals surface area contributed by atoms with Crippen LogP contribution in [0, 0.1) is 0 Å². The molecule has 3 N–H and O–H groups in total. The van der Waals surface area contributed by atoms with Gasteiger partial charge in [0.1, 0.15) is 24.2 Å². The van der Waals surface area contributed by atoms with Crippen LogP contribution in [0.15, 0.2) is 12.7 Å². The van der Waals surface area contributed by atoms with Crippen molar-refractivity contribution in [1.29, 1.82) is 0 Å². The Labute approximate surface area is 203 Å². The van der Waals surface area contributed by atoms with Crippen LogP contribution in [0.1, 0.15) is 41.5 Å². The molecule has 0 aliphatic carbocycles. The molecule has 1 unspecified atom stereocenters. The summed E-state index contributed by atoms with van der Waals surface area (Å²) in [7, 11) is -3.84. The lowest BCUT2D eigenvalue weighted by atomic mass is 10.4. The van der Waals surface area contributed by atoms with E-state index >= 15 is 0 Å². The fraction of sp³-hybridized carbons (Fsp3) is 0.650. The molecule has 0 aromatic carbocycles. The molecule has 3 atom stereocenters. The van der Waals surface area contributed by atoms with Gasteiger partial charge in [0.05, 0.1) is 31.2 Å². The van der Waals surface area contributed by atoms with Gasteiger partial charge in [-0.1, -0.05) is 0 Å². The highest BCUT2D eigenvalue weighted by atomic mass is 31.2. The Morgan fingerprint density at radius 2 is 1.77 bits per heavy atom. The summed E-state index contributed by atoms with van der Waals surface area (Å²) < 4.78 is 41.0. The van der Waals surface area contributed by atoms with Gasteiger partial charge >= 0.3 is 12.1 Å². The number of fused-ring (bicyclic) bond motifs is 1. The number of nitrogens with two attached hydrogens (primary N) is 1. The molecule has 14 nitrogen and oxygen atoms in total. The van der Waals surface area contributed by atoms with E-state index in [-0.39, 0.29) is 11.9 Å². The molecule has 0 aliphatic rings. The molecule has 0 saturated carbocycles. The third-order valence-corrected chi connectivity index (χ3v) is 6.07. The van der Waals surface area contributed by atoms with Crippen molar-refractivity contribution in [2.24, 2.45) is 0 Å². The summed E-state index contributed by atoms with van der Waals surface area (Å²) in [6.07, 6.45) is 0.216. The first-order chi connectivity index (χ1) is 16.4. The molecule has 0 spiro atoms. The third-order valence-electron chi connectivity index (χ3n) is 4.28. The van der Waals surface area contributed by atoms with E-state index in [1.807, 2.05) is 0 Å². The SMILES string of the molecule is CC(C)OC(=O)OCOP(=O)(CO[C@H](C)Cn1cnc2c(N)ncnc21)N[C@@H](C)C(=O)OC(C)C. The summed E-state index contributed by atoms with van der Waals surface area (Å²) in [4.78, 5) is 36.1. The first kappa shape index (κ1) is 28.4. The lowest BCUT2D eigenvalue weighted by molar-refractivity contribution is -0.149. The van der Waals surface area contributed by atoms with Crippen LogP contribution in [-0.4, -0.2) is 69.1 Å². The highest BCUT2D eigenvalue weighted by Gasteiger charge is 2.31. The molecule has 15 heteroatoms. The van der Waals surface area contributed by atoms with Crippen LogP contribution in [0.4, 0.5) is 10.6 Å². The summed E-state index contributed by atoms with van der Waals surface area (Å²) in [5.74, 6) is -0.373. The topological polar surface area (TPSA) is 179 Å². The summed E-state index contributed by atoms with van der Waals surface area (Å²) >= 11 is 0. The number of carbonyl (C=O) groups excluding carboxylic acids is 2. The number of esters is 1. The summed E-state index contributed by atoms with van der Waals surface area (Å²) in [6.45, 7) is 9.52. The molecule has 0 fully saturated rings. The minimum absolute atomic E-state index is 0.252. The zero-order valence-corrected chi connectivity index (χ0v) is 21.6. The maximum Gasteiger partial charge on any atom is 0.510 e. The highest BCUT2D eigenvalue weighted by molar-refractivity contribution is 7.56. The lowest BCUT2D eigenvalue weighted by Crippen LogP contribution is -2.36. The van der Waals surface area contributed by atoms with Crippen molar-refractivity contribution in [3.8, 4) is 0 Å². The van der Waals surface area contributed by atoms with E-state index in [1.54, 1.807) is 45.5 Å². The second-order valence-corrected chi connectivity index (χ2v) is 10.4. The number of nitrogens with zero attached hydrogens (tertiary/aromatic N) is 4. The fourth-order valence-electron chi connectivity index (χ4n) is 2.77. The molecule has 2 aromatic rings. The van der Waals surface area contributed by atoms with Gasteiger partial charge in [0.25, 0.3) is 7.52 Å². The standard InChI is InChI=1S/C20H33N6O8P/c1-12(2)33-19(27)15(6)25-35(29,32-10-30-20(28)34-13(3)4)11-31-14(5)7-26-9-24-16-17(21)22-8-23-18(16)26/h8-9,12-15H,7,10-11H2,1-6H3,(H,25,29)(H2,21,22,23)/t14-,15+,35?/m1/s1. The maximum absolute atomic E-state index is 13.4. The number of nitrogens with one attached hydrogen (secondary N) is 1. The van der Waals surface area contributed by atoms with E-state index < -0.39 is 51.0 Å². The van der Waals surface area contributed by atoms with E-state index in [0.717, 1.165) is 0 Å². The molecule has 0 bridgehead atoms. The second kappa shape index (κ2) is 12.8. The van der Waals surface area contributed by atoms with Crippen molar-refractivity contribution >= 4 is 36.6 Å². The average molecular weight is 516 g/mol. The molecule has 35 heavy (non-hydrogen) atoms. The molecule has 0 amide bonds. The van der Waals surface area contributed by atoms with Gasteiger partial charge in [-0.25, -0.2) is 24.8 Å². The minimum Gasteiger partial charge on any atom is -0.462 e. The van der Waals surface area contributed by atoms with Crippen molar-refractivity contribution in [3.63, 3.8) is 0 Å². The van der Waals surface area contributed by atoms with Gasteiger partial charge in [-0.05, 0) is 41.5 Å². The number of imidazole rings is 1. The van der Waals surface area contributed by atoms with Crippen LogP contribution in [0.25, 0.3) is 11.2 Å². The Bertz CT molecular complexity index is 1050. The Hall–Kier alpha value is -2.80. The Morgan fingerprint density at radius 1 is 1.09 bits per heavy atom. The fourth-order valence-corrected chi connectivity index (χ4v) is 4.36. The molecule has 2 heterocycles. The van der Waals surface area contributed by atoms with E-state index in [4.69, 9.17) is 29.2 Å². The van der Waals surface area contributed by atoms with Crippen LogP contribution < -0.4 is 10.8 Å². The quantitative estimate of drug-likeness (QED) is 0.225. The number of rotatable bonds is 13. The predicted molar refractivity (Wildman–Crippen MR) is 125 cm³/mol. The van der Waals surface area contributed by atoms with Crippen LogP contribution >= 0.6 is 7.52 Å². The summed E-state index contributed by atoms with van der Waals surface area (Å²) in [5, 5.41) is 2.61. The first-order valence-electron chi connectivity index (χ1n) is 11.0. The van der Waals surface area contributed by atoms with E-state index in [9.17, 15) is 14.2 Å². The van der Waals surface area contributed by atoms with Crippen LogP contribution in [-0.2, 0) is 39.4 Å². The van der Waals surface area contributed by atoms with Gasteiger partial charge in [-0.3, -0.25) is 13.9 Å². The monoisotopic (exact) mass is 516 g/mol. The molecular weight excluding hydrogens is 483 g/mol. The number of carbonyl (C=O) groups is 2. The maximum atomic E-state index is 13.4. The number of ether oxygens (including phenoxy) is 4. The summed E-state index contributed by atoms with van der Waals surface area (Å²) in [6, 6.07) is -0.984. The molecular formula is C20H33N6O8P. The zero-order valence-electron chi connectivity index (χ0n) is 20.7.